The summed E-state index contributed by atoms with van der Waals surface area (Å²) in [6.07, 6.45) is 0. The van der Waals surface area contributed by atoms with Crippen LogP contribution in [0, 0.1) is 5.21 Å². The minimum atomic E-state index is -0.705. The first-order valence-electron chi connectivity index (χ1n) is 1.85. The Balaban J connectivity index is 3.80. The Morgan fingerprint density at radius 3 is 2.14 bits per heavy atom. The molecular weight excluding hydrogens is 92.1 g/mol. The Morgan fingerprint density at radius 2 is 2.14 bits per heavy atom. The zero-order valence-corrected chi connectivity index (χ0v) is 4.51. The number of hydrogen-bond acceptors (Lipinski definition) is 2. The first-order chi connectivity index (χ1) is 3.06. The molecule has 0 heterocycles. The van der Waals surface area contributed by atoms with Crippen LogP contribution in [0.4, 0.5) is 0 Å². The summed E-state index contributed by atoms with van der Waals surface area (Å²) in [4.78, 5) is 0. The molecule has 0 radical (unpaired) electrons. The molecule has 0 bridgehead atoms. The summed E-state index contributed by atoms with van der Waals surface area (Å²) in [6, 6.07) is 0. The third kappa shape index (κ3) is 5.37. The number of hydrogen-bond donors (Lipinski definition) is 0. The number of nitrogens with zero attached hydrogens (tertiary/aromatic N) is 2. The SMILES string of the molecule is C=C=N[N+](C)(C)[O-]. The maximum atomic E-state index is 10.4. The van der Waals surface area contributed by atoms with Crippen molar-refractivity contribution in [1.29, 1.82) is 0 Å². The summed E-state index contributed by atoms with van der Waals surface area (Å²) >= 11 is 0. The molecule has 0 rings (SSSR count). The Bertz CT molecular complexity index is 96.7. The molecule has 0 aromatic carbocycles. The Kier molecular flexibility index (Phi) is 1.72. The van der Waals surface area contributed by atoms with E-state index in [1.165, 1.54) is 14.1 Å². The molecule has 40 valence electrons. The van der Waals surface area contributed by atoms with E-state index in [-0.39, 0.29) is 0 Å². The Hall–Kier alpha value is -0.630. The lowest BCUT2D eigenvalue weighted by Gasteiger charge is -2.22. The molecule has 0 aliphatic rings. The van der Waals surface area contributed by atoms with Gasteiger partial charge in [-0.2, -0.15) is 0 Å². The molecule has 3 nitrogen and oxygen atoms in total. The molecule has 0 aliphatic heterocycles. The molecule has 0 atom stereocenters. The molecule has 0 aromatic rings. The second-order valence-electron chi connectivity index (χ2n) is 1.55. The quantitative estimate of drug-likeness (QED) is 0.266. The van der Waals surface area contributed by atoms with Crippen LogP contribution < -0.4 is 0 Å². The third-order valence-electron chi connectivity index (χ3n) is 0.312. The zero-order valence-electron chi connectivity index (χ0n) is 4.51. The van der Waals surface area contributed by atoms with E-state index in [2.05, 4.69) is 17.6 Å². The molecule has 0 saturated heterocycles. The number of rotatable bonds is 1. The average Bonchev–Trinajstić information content (AvgIpc) is 1.30. The maximum absolute atomic E-state index is 10.4. The van der Waals surface area contributed by atoms with E-state index in [9.17, 15) is 5.21 Å². The summed E-state index contributed by atoms with van der Waals surface area (Å²) < 4.78 is -0.705. The maximum Gasteiger partial charge on any atom is 0.0927 e. The standard InChI is InChI=1S/C4H8N2O/c1-4-5-6(2,3)7/h1H2,2-3H3. The third-order valence-corrected chi connectivity index (χ3v) is 0.312. The lowest BCUT2D eigenvalue weighted by molar-refractivity contribution is -0.846. The molecule has 0 fully saturated rings. The zero-order chi connectivity index (χ0) is 5.91. The van der Waals surface area contributed by atoms with Gasteiger partial charge >= 0.3 is 0 Å². The molecule has 3 heteroatoms. The van der Waals surface area contributed by atoms with Gasteiger partial charge in [-0.3, -0.25) is 0 Å². The van der Waals surface area contributed by atoms with E-state index in [1.807, 2.05) is 0 Å². The van der Waals surface area contributed by atoms with Gasteiger partial charge in [0.1, 0.15) is 0 Å². The first kappa shape index (κ1) is 6.37. The lowest BCUT2D eigenvalue weighted by Crippen LogP contribution is -2.23. The molecule has 0 aliphatic carbocycles. The van der Waals surface area contributed by atoms with Crippen molar-refractivity contribution in [2.24, 2.45) is 5.10 Å². The van der Waals surface area contributed by atoms with Crippen LogP contribution in [0.15, 0.2) is 11.7 Å². The predicted molar refractivity (Wildman–Crippen MR) is 28.5 cm³/mol. The predicted octanol–water partition coefficient (Wildman–Crippen LogP) is 0.331. The van der Waals surface area contributed by atoms with Crippen LogP contribution in [-0.2, 0) is 0 Å². The highest BCUT2D eigenvalue weighted by Gasteiger charge is 1.90. The van der Waals surface area contributed by atoms with Crippen LogP contribution in [0.25, 0.3) is 0 Å². The van der Waals surface area contributed by atoms with Crippen molar-refractivity contribution >= 4 is 5.87 Å². The van der Waals surface area contributed by atoms with Crippen LogP contribution in [0.3, 0.4) is 0 Å². The molecule has 0 unspecified atom stereocenters. The van der Waals surface area contributed by atoms with Gasteiger partial charge in [0.05, 0.1) is 14.1 Å². The van der Waals surface area contributed by atoms with Crippen molar-refractivity contribution in [1.82, 2.24) is 0 Å². The molecule has 7 heavy (non-hydrogen) atoms. The molecule has 0 spiro atoms. The van der Waals surface area contributed by atoms with Crippen LogP contribution in [0.1, 0.15) is 0 Å². The second kappa shape index (κ2) is 1.89. The highest BCUT2D eigenvalue weighted by Crippen LogP contribution is 1.87. The van der Waals surface area contributed by atoms with Gasteiger partial charge in [-0.1, -0.05) is 0 Å². The minimum absolute atomic E-state index is 0.705. The summed E-state index contributed by atoms with van der Waals surface area (Å²) in [7, 11) is 2.77. The highest BCUT2D eigenvalue weighted by atomic mass is 16.6. The van der Waals surface area contributed by atoms with E-state index in [0.717, 1.165) is 0 Å². The summed E-state index contributed by atoms with van der Waals surface area (Å²) in [5.41, 5.74) is 0. The monoisotopic (exact) mass is 100 g/mol. The van der Waals surface area contributed by atoms with Crippen molar-refractivity contribution in [3.63, 3.8) is 0 Å². The normalized spacial score (nSPS) is 10.1. The van der Waals surface area contributed by atoms with E-state index >= 15 is 0 Å². The fourth-order valence-corrected chi connectivity index (χ4v) is 0.170. The molecule has 0 saturated carbocycles. The topological polar surface area (TPSA) is 35.4 Å². The van der Waals surface area contributed by atoms with Crippen molar-refractivity contribution in [2.45, 2.75) is 0 Å². The summed E-state index contributed by atoms with van der Waals surface area (Å²) in [5, 5.41) is 13.6. The number of quaternary nitrogens is 1. The minimum Gasteiger partial charge on any atom is -0.604 e. The van der Waals surface area contributed by atoms with Gasteiger partial charge in [-0.05, 0) is 11.7 Å². The Labute approximate surface area is 42.7 Å². The summed E-state index contributed by atoms with van der Waals surface area (Å²) in [6.45, 7) is 3.14. The van der Waals surface area contributed by atoms with Crippen molar-refractivity contribution in [2.75, 3.05) is 14.1 Å². The molecular formula is C4H8N2O. The largest absolute Gasteiger partial charge is 0.604 e. The van der Waals surface area contributed by atoms with Crippen LogP contribution in [0.5, 0.6) is 0 Å². The fraction of sp³-hybridized carbons (Fsp3) is 0.500. The van der Waals surface area contributed by atoms with Gasteiger partial charge in [-0.15, -0.1) is 0 Å². The van der Waals surface area contributed by atoms with Crippen LogP contribution in [0.2, 0.25) is 0 Å². The second-order valence-corrected chi connectivity index (χ2v) is 1.55. The molecule has 0 N–H and O–H groups in total. The highest BCUT2D eigenvalue weighted by molar-refractivity contribution is 5.45. The molecule has 0 amide bonds. The first-order valence-corrected chi connectivity index (χ1v) is 1.85. The van der Waals surface area contributed by atoms with Gasteiger partial charge in [0.15, 0.2) is 0 Å². The average molecular weight is 100 g/mol. The van der Waals surface area contributed by atoms with E-state index in [1.54, 1.807) is 0 Å². The Morgan fingerprint density at radius 1 is 1.71 bits per heavy atom. The van der Waals surface area contributed by atoms with Crippen molar-refractivity contribution < 1.29 is 4.76 Å². The van der Waals surface area contributed by atoms with Crippen molar-refractivity contribution in [3.05, 3.63) is 11.8 Å². The molecule has 0 aromatic heterocycles. The van der Waals surface area contributed by atoms with Crippen LogP contribution in [-0.4, -0.2) is 24.7 Å². The van der Waals surface area contributed by atoms with Crippen LogP contribution >= 0.6 is 0 Å². The summed E-state index contributed by atoms with van der Waals surface area (Å²) in [5.74, 6) is 2.14. The van der Waals surface area contributed by atoms with E-state index in [0.29, 0.717) is 0 Å². The number of hydroxylamine groups is 2. The smallest absolute Gasteiger partial charge is 0.0927 e. The van der Waals surface area contributed by atoms with Gasteiger partial charge in [0.25, 0.3) is 0 Å². The fourth-order valence-electron chi connectivity index (χ4n) is 0.170. The van der Waals surface area contributed by atoms with Gasteiger partial charge < -0.3 is 5.21 Å². The lowest BCUT2D eigenvalue weighted by atomic mass is 11.1. The van der Waals surface area contributed by atoms with Gasteiger partial charge in [0.2, 0.25) is 0 Å². The van der Waals surface area contributed by atoms with Crippen molar-refractivity contribution in [3.8, 4) is 0 Å². The van der Waals surface area contributed by atoms with Gasteiger partial charge in [0, 0.05) is 5.87 Å². The van der Waals surface area contributed by atoms with E-state index in [4.69, 9.17) is 0 Å². The van der Waals surface area contributed by atoms with E-state index < -0.39 is 4.76 Å². The van der Waals surface area contributed by atoms with Gasteiger partial charge in [-0.25, -0.2) is 4.76 Å².